The Morgan fingerprint density at radius 3 is 2.96 bits per heavy atom. The molecule has 1 aliphatic heterocycles. The van der Waals surface area contributed by atoms with E-state index in [0.29, 0.717) is 18.0 Å². The SMILES string of the molecule is CS(=O)(=O)CCOc1cccc(NC(=O)NC[C@H]2CCCO2)c1. The molecule has 1 heterocycles. The minimum Gasteiger partial charge on any atom is -0.492 e. The molecule has 2 N–H and O–H groups in total. The lowest BCUT2D eigenvalue weighted by atomic mass is 10.2. The summed E-state index contributed by atoms with van der Waals surface area (Å²) in [4.78, 5) is 11.8. The predicted molar refractivity (Wildman–Crippen MR) is 87.6 cm³/mol. The summed E-state index contributed by atoms with van der Waals surface area (Å²) in [6.07, 6.45) is 3.24. The molecule has 1 saturated heterocycles. The average molecular weight is 342 g/mol. The molecule has 2 amide bonds. The normalized spacial score (nSPS) is 17.7. The number of sulfone groups is 1. The lowest BCUT2D eigenvalue weighted by Crippen LogP contribution is -2.35. The zero-order valence-corrected chi connectivity index (χ0v) is 13.9. The molecule has 1 atom stereocenters. The third-order valence-electron chi connectivity index (χ3n) is 3.33. The van der Waals surface area contributed by atoms with E-state index in [9.17, 15) is 13.2 Å². The lowest BCUT2D eigenvalue weighted by molar-refractivity contribution is 0.112. The molecule has 0 aliphatic carbocycles. The monoisotopic (exact) mass is 342 g/mol. The number of benzene rings is 1. The molecule has 1 fully saturated rings. The molecular weight excluding hydrogens is 320 g/mol. The second kappa shape index (κ2) is 8.16. The molecule has 0 saturated carbocycles. The smallest absolute Gasteiger partial charge is 0.319 e. The van der Waals surface area contributed by atoms with Gasteiger partial charge in [0.15, 0.2) is 9.84 Å². The molecule has 2 rings (SSSR count). The maximum absolute atomic E-state index is 11.8. The molecule has 23 heavy (non-hydrogen) atoms. The van der Waals surface area contributed by atoms with Gasteiger partial charge in [0, 0.05) is 31.2 Å². The van der Waals surface area contributed by atoms with Crippen molar-refractivity contribution in [2.24, 2.45) is 0 Å². The maximum Gasteiger partial charge on any atom is 0.319 e. The van der Waals surface area contributed by atoms with Gasteiger partial charge in [-0.25, -0.2) is 13.2 Å². The molecule has 0 spiro atoms. The van der Waals surface area contributed by atoms with Crippen molar-refractivity contribution in [3.05, 3.63) is 24.3 Å². The van der Waals surface area contributed by atoms with Crippen molar-refractivity contribution in [1.29, 1.82) is 0 Å². The Morgan fingerprint density at radius 1 is 1.43 bits per heavy atom. The second-order valence-corrected chi connectivity index (χ2v) is 7.74. The zero-order valence-electron chi connectivity index (χ0n) is 13.1. The van der Waals surface area contributed by atoms with E-state index in [1.54, 1.807) is 24.3 Å². The number of amides is 2. The van der Waals surface area contributed by atoms with Crippen LogP contribution in [0, 0.1) is 0 Å². The van der Waals surface area contributed by atoms with Crippen LogP contribution in [0.15, 0.2) is 24.3 Å². The Balaban J connectivity index is 1.78. The van der Waals surface area contributed by atoms with E-state index < -0.39 is 9.84 Å². The van der Waals surface area contributed by atoms with Crippen LogP contribution in [-0.2, 0) is 14.6 Å². The fraction of sp³-hybridized carbons (Fsp3) is 0.533. The molecule has 0 radical (unpaired) electrons. The second-order valence-electron chi connectivity index (χ2n) is 5.48. The maximum atomic E-state index is 11.8. The Morgan fingerprint density at radius 2 is 2.26 bits per heavy atom. The van der Waals surface area contributed by atoms with Gasteiger partial charge in [-0.3, -0.25) is 0 Å². The van der Waals surface area contributed by atoms with Crippen molar-refractivity contribution < 1.29 is 22.7 Å². The zero-order chi connectivity index (χ0) is 16.7. The number of carbonyl (C=O) groups excluding carboxylic acids is 1. The highest BCUT2D eigenvalue weighted by atomic mass is 32.2. The van der Waals surface area contributed by atoms with Gasteiger partial charge in [-0.1, -0.05) is 6.07 Å². The minimum absolute atomic E-state index is 0.0491. The van der Waals surface area contributed by atoms with E-state index in [0.717, 1.165) is 25.7 Å². The highest BCUT2D eigenvalue weighted by Crippen LogP contribution is 2.17. The van der Waals surface area contributed by atoms with Gasteiger partial charge in [0.05, 0.1) is 11.9 Å². The number of rotatable bonds is 7. The van der Waals surface area contributed by atoms with Crippen LogP contribution in [0.3, 0.4) is 0 Å². The quantitative estimate of drug-likeness (QED) is 0.781. The van der Waals surface area contributed by atoms with Gasteiger partial charge in [0.25, 0.3) is 0 Å². The van der Waals surface area contributed by atoms with Gasteiger partial charge in [-0.05, 0) is 25.0 Å². The standard InChI is InChI=1S/C15H22N2O5S/c1-23(19,20)9-8-22-13-5-2-4-12(10-13)17-15(18)16-11-14-6-3-7-21-14/h2,4-5,10,14H,3,6-9,11H2,1H3,(H2,16,17,18)/t14-/m1/s1. The van der Waals surface area contributed by atoms with Crippen LogP contribution in [0.4, 0.5) is 10.5 Å². The molecule has 8 heteroatoms. The molecule has 1 aliphatic rings. The van der Waals surface area contributed by atoms with Crippen LogP contribution in [-0.4, -0.2) is 52.3 Å². The molecule has 0 unspecified atom stereocenters. The van der Waals surface area contributed by atoms with Crippen LogP contribution in [0.2, 0.25) is 0 Å². The topological polar surface area (TPSA) is 93.7 Å². The van der Waals surface area contributed by atoms with E-state index in [1.165, 1.54) is 0 Å². The number of hydrogen-bond donors (Lipinski definition) is 2. The van der Waals surface area contributed by atoms with Gasteiger partial charge >= 0.3 is 6.03 Å². The Bertz CT molecular complexity index is 627. The molecule has 0 aromatic heterocycles. The first-order valence-corrected chi connectivity index (χ1v) is 9.55. The summed E-state index contributed by atoms with van der Waals surface area (Å²) >= 11 is 0. The molecule has 1 aromatic carbocycles. The van der Waals surface area contributed by atoms with Crippen LogP contribution in [0.1, 0.15) is 12.8 Å². The number of ether oxygens (including phenoxy) is 2. The van der Waals surface area contributed by atoms with Crippen LogP contribution in [0.5, 0.6) is 5.75 Å². The van der Waals surface area contributed by atoms with Gasteiger partial charge in [0.1, 0.15) is 12.4 Å². The molecule has 0 bridgehead atoms. The molecule has 1 aromatic rings. The van der Waals surface area contributed by atoms with Crippen molar-refractivity contribution in [3.63, 3.8) is 0 Å². The minimum atomic E-state index is -3.06. The summed E-state index contributed by atoms with van der Waals surface area (Å²) in [6, 6.07) is 6.50. The summed E-state index contributed by atoms with van der Waals surface area (Å²) in [6.45, 7) is 1.31. The molecular formula is C15H22N2O5S. The highest BCUT2D eigenvalue weighted by Gasteiger charge is 2.16. The summed E-state index contributed by atoms with van der Waals surface area (Å²) in [7, 11) is -3.06. The Hall–Kier alpha value is -1.80. The van der Waals surface area contributed by atoms with Crippen molar-refractivity contribution in [2.75, 3.05) is 37.1 Å². The third-order valence-corrected chi connectivity index (χ3v) is 4.24. The summed E-state index contributed by atoms with van der Waals surface area (Å²) < 4.78 is 32.9. The number of nitrogens with one attached hydrogen (secondary N) is 2. The highest BCUT2D eigenvalue weighted by molar-refractivity contribution is 7.90. The van der Waals surface area contributed by atoms with Crippen LogP contribution in [0.25, 0.3) is 0 Å². The van der Waals surface area contributed by atoms with Crippen LogP contribution >= 0.6 is 0 Å². The van der Waals surface area contributed by atoms with Crippen molar-refractivity contribution in [3.8, 4) is 5.75 Å². The first-order valence-electron chi connectivity index (χ1n) is 7.49. The Labute approximate surface area is 136 Å². The van der Waals surface area contributed by atoms with E-state index in [1.807, 2.05) is 0 Å². The average Bonchev–Trinajstić information content (AvgIpc) is 2.97. The van der Waals surface area contributed by atoms with Gasteiger partial charge in [0.2, 0.25) is 0 Å². The van der Waals surface area contributed by atoms with Crippen LogP contribution < -0.4 is 15.4 Å². The molecule has 7 nitrogen and oxygen atoms in total. The van der Waals surface area contributed by atoms with E-state index in [4.69, 9.17) is 9.47 Å². The summed E-state index contributed by atoms with van der Waals surface area (Å²) in [5, 5.41) is 5.47. The number of hydrogen-bond acceptors (Lipinski definition) is 5. The number of carbonyl (C=O) groups is 1. The van der Waals surface area contributed by atoms with Gasteiger partial charge in [-0.2, -0.15) is 0 Å². The van der Waals surface area contributed by atoms with Crippen molar-refractivity contribution in [2.45, 2.75) is 18.9 Å². The first kappa shape index (κ1) is 17.6. The van der Waals surface area contributed by atoms with Gasteiger partial charge in [-0.15, -0.1) is 0 Å². The molecule has 128 valence electrons. The fourth-order valence-corrected chi connectivity index (χ4v) is 2.55. The van der Waals surface area contributed by atoms with E-state index in [-0.39, 0.29) is 24.5 Å². The van der Waals surface area contributed by atoms with Gasteiger partial charge < -0.3 is 20.1 Å². The van der Waals surface area contributed by atoms with E-state index in [2.05, 4.69) is 10.6 Å². The van der Waals surface area contributed by atoms with Crippen molar-refractivity contribution >= 4 is 21.6 Å². The number of anilines is 1. The summed E-state index contributed by atoms with van der Waals surface area (Å²) in [5.41, 5.74) is 0.576. The first-order chi connectivity index (χ1) is 10.9. The number of urea groups is 1. The fourth-order valence-electron chi connectivity index (χ4n) is 2.16. The predicted octanol–water partition coefficient (Wildman–Crippen LogP) is 1.41. The van der Waals surface area contributed by atoms with Crippen molar-refractivity contribution in [1.82, 2.24) is 5.32 Å². The lowest BCUT2D eigenvalue weighted by Gasteiger charge is -2.12. The summed E-state index contributed by atoms with van der Waals surface area (Å²) in [5.74, 6) is 0.456. The largest absolute Gasteiger partial charge is 0.492 e. The Kier molecular flexibility index (Phi) is 6.23. The van der Waals surface area contributed by atoms with E-state index >= 15 is 0 Å². The third kappa shape index (κ3) is 6.87.